The number of ether oxygens (including phenoxy) is 2. The topological polar surface area (TPSA) is 100 Å². The van der Waals surface area contributed by atoms with E-state index in [0.29, 0.717) is 17.1 Å². The number of hydrogen-bond acceptors (Lipinski definition) is 6. The van der Waals surface area contributed by atoms with E-state index in [1.54, 1.807) is 31.4 Å². The van der Waals surface area contributed by atoms with Crippen LogP contribution in [0.25, 0.3) is 11.0 Å². The van der Waals surface area contributed by atoms with E-state index in [-0.39, 0.29) is 23.2 Å². The first kappa shape index (κ1) is 19.7. The van der Waals surface area contributed by atoms with Crippen LogP contribution in [0.3, 0.4) is 0 Å². The van der Waals surface area contributed by atoms with Crippen LogP contribution in [0.1, 0.15) is 36.0 Å². The smallest absolute Gasteiger partial charge is 0.274 e. The van der Waals surface area contributed by atoms with E-state index in [4.69, 9.17) is 9.47 Å². The molecule has 2 aliphatic rings. The third-order valence-electron chi connectivity index (χ3n) is 5.92. The van der Waals surface area contributed by atoms with Gasteiger partial charge in [-0.3, -0.25) is 14.3 Å². The minimum atomic E-state index is -0.427. The van der Waals surface area contributed by atoms with Gasteiger partial charge in [0.25, 0.3) is 11.5 Å². The van der Waals surface area contributed by atoms with E-state index in [2.05, 4.69) is 15.4 Å². The number of aryl methyl sites for hydroxylation is 1. The van der Waals surface area contributed by atoms with Crippen LogP contribution < -0.4 is 15.6 Å². The highest BCUT2D eigenvalue weighted by atomic mass is 16.5. The Labute approximate surface area is 179 Å². The van der Waals surface area contributed by atoms with Crippen LogP contribution >= 0.6 is 0 Å². The number of anilines is 1. The number of amides is 1. The molecule has 4 heterocycles. The van der Waals surface area contributed by atoms with Crippen molar-refractivity contribution in [2.75, 3.05) is 18.5 Å². The molecule has 3 aromatic heterocycles. The Morgan fingerprint density at radius 1 is 1.35 bits per heavy atom. The molecule has 0 spiro atoms. The van der Waals surface area contributed by atoms with Crippen LogP contribution in [0.15, 0.2) is 35.4 Å². The maximum Gasteiger partial charge on any atom is 0.274 e. The first-order chi connectivity index (χ1) is 15.1. The highest BCUT2D eigenvalue weighted by Gasteiger charge is 2.25. The Balaban J connectivity index is 1.47. The van der Waals surface area contributed by atoms with Gasteiger partial charge in [0, 0.05) is 43.9 Å². The molecule has 0 aromatic carbocycles. The van der Waals surface area contributed by atoms with Crippen LogP contribution in [0.5, 0.6) is 5.88 Å². The minimum Gasteiger partial charge on any atom is -0.474 e. The van der Waals surface area contributed by atoms with Gasteiger partial charge in [-0.2, -0.15) is 10.1 Å². The molecule has 1 saturated heterocycles. The van der Waals surface area contributed by atoms with E-state index in [1.807, 2.05) is 10.9 Å². The number of carbonyl (C=O) groups excluding carboxylic acids is 1. The molecule has 1 N–H and O–H groups in total. The molecule has 0 bridgehead atoms. The zero-order valence-corrected chi connectivity index (χ0v) is 17.4. The summed E-state index contributed by atoms with van der Waals surface area (Å²) in [6.07, 6.45) is 7.59. The van der Waals surface area contributed by atoms with E-state index < -0.39 is 5.91 Å². The lowest BCUT2D eigenvalue weighted by molar-refractivity contribution is 0.0981. The summed E-state index contributed by atoms with van der Waals surface area (Å²) in [5, 5.41) is 8.05. The molecule has 2 fully saturated rings. The zero-order valence-electron chi connectivity index (χ0n) is 17.4. The van der Waals surface area contributed by atoms with Crippen molar-refractivity contribution in [2.24, 2.45) is 13.0 Å². The Morgan fingerprint density at radius 3 is 2.97 bits per heavy atom. The van der Waals surface area contributed by atoms with Crippen molar-refractivity contribution >= 4 is 22.6 Å². The van der Waals surface area contributed by atoms with Crippen LogP contribution in [-0.4, -0.2) is 44.6 Å². The molecular weight excluding hydrogens is 398 g/mol. The minimum absolute atomic E-state index is 0.0545. The van der Waals surface area contributed by atoms with Gasteiger partial charge in [-0.15, -0.1) is 0 Å². The fourth-order valence-electron chi connectivity index (χ4n) is 3.86. The largest absolute Gasteiger partial charge is 0.474 e. The predicted octanol–water partition coefficient (Wildman–Crippen LogP) is 2.35. The summed E-state index contributed by atoms with van der Waals surface area (Å²) in [5.41, 5.74) is 0.772. The molecule has 9 nitrogen and oxygen atoms in total. The van der Waals surface area contributed by atoms with Crippen LogP contribution in [0, 0.1) is 5.92 Å². The number of rotatable bonds is 6. The molecule has 31 heavy (non-hydrogen) atoms. The number of fused-ring (bicyclic) bond motifs is 1. The van der Waals surface area contributed by atoms with Crippen molar-refractivity contribution < 1.29 is 14.3 Å². The van der Waals surface area contributed by atoms with Gasteiger partial charge in [-0.1, -0.05) is 0 Å². The number of hydrogen-bond donors (Lipinski definition) is 1. The normalized spacial score (nSPS) is 18.8. The summed E-state index contributed by atoms with van der Waals surface area (Å²) in [5.74, 6) is 0.262. The molecule has 1 saturated carbocycles. The summed E-state index contributed by atoms with van der Waals surface area (Å²) in [6.45, 7) is 2.27. The summed E-state index contributed by atoms with van der Waals surface area (Å²) in [6, 6.07) is 5.04. The molecule has 9 heteroatoms. The predicted molar refractivity (Wildman–Crippen MR) is 114 cm³/mol. The molecule has 1 aliphatic heterocycles. The van der Waals surface area contributed by atoms with Gasteiger partial charge >= 0.3 is 0 Å². The average molecular weight is 423 g/mol. The zero-order chi connectivity index (χ0) is 21.4. The Kier molecular flexibility index (Phi) is 5.19. The second-order valence-electron chi connectivity index (χ2n) is 8.30. The van der Waals surface area contributed by atoms with Crippen molar-refractivity contribution in [1.29, 1.82) is 0 Å². The Hall–Kier alpha value is -3.20. The van der Waals surface area contributed by atoms with Gasteiger partial charge in [0.1, 0.15) is 17.4 Å². The van der Waals surface area contributed by atoms with Gasteiger partial charge in [0.15, 0.2) is 5.65 Å². The second kappa shape index (κ2) is 8.14. The first-order valence-electron chi connectivity index (χ1n) is 10.7. The molecule has 0 unspecified atom stereocenters. The monoisotopic (exact) mass is 423 g/mol. The highest BCUT2D eigenvalue weighted by Crippen LogP contribution is 2.29. The highest BCUT2D eigenvalue weighted by molar-refractivity contribution is 6.07. The van der Waals surface area contributed by atoms with Gasteiger partial charge in [-0.25, -0.2) is 0 Å². The van der Waals surface area contributed by atoms with Crippen molar-refractivity contribution in [2.45, 2.75) is 38.3 Å². The van der Waals surface area contributed by atoms with Gasteiger partial charge in [-0.05, 0) is 43.9 Å². The average Bonchev–Trinajstić information content (AvgIpc) is 3.36. The molecule has 0 radical (unpaired) electrons. The fraction of sp³-hybridized carbons (Fsp3) is 0.455. The molecule has 1 aliphatic carbocycles. The quantitative estimate of drug-likeness (QED) is 0.653. The number of aromatic nitrogens is 4. The van der Waals surface area contributed by atoms with Gasteiger partial charge < -0.3 is 19.4 Å². The van der Waals surface area contributed by atoms with E-state index in [1.165, 1.54) is 4.57 Å². The van der Waals surface area contributed by atoms with Crippen molar-refractivity contribution in [1.82, 2.24) is 19.3 Å². The summed E-state index contributed by atoms with van der Waals surface area (Å²) < 4.78 is 14.7. The van der Waals surface area contributed by atoms with Gasteiger partial charge in [0.2, 0.25) is 5.88 Å². The number of nitrogens with zero attached hydrogens (tertiary/aromatic N) is 4. The molecule has 162 valence electrons. The Morgan fingerprint density at radius 2 is 2.23 bits per heavy atom. The molecule has 1 amide bonds. The van der Waals surface area contributed by atoms with Crippen LogP contribution in [-0.2, 0) is 18.3 Å². The lowest BCUT2D eigenvalue weighted by Crippen LogP contribution is -2.27. The van der Waals surface area contributed by atoms with Crippen molar-refractivity contribution in [3.63, 3.8) is 0 Å². The van der Waals surface area contributed by atoms with E-state index in [9.17, 15) is 9.59 Å². The lowest BCUT2D eigenvalue weighted by Gasteiger charge is -2.26. The SMILES string of the molecule is Cn1cccc(NC(=O)c2cc3cn(C[C@H]4CCOC4)nc3nc2OC2CCC2)c1=O. The number of carbonyl (C=O) groups is 1. The Bertz CT molecular complexity index is 1170. The third-order valence-corrected chi connectivity index (χ3v) is 5.92. The maximum absolute atomic E-state index is 13.1. The van der Waals surface area contributed by atoms with Gasteiger partial charge in [0.05, 0.1) is 6.61 Å². The lowest BCUT2D eigenvalue weighted by atomic mass is 9.96. The molecule has 5 rings (SSSR count). The van der Waals surface area contributed by atoms with E-state index in [0.717, 1.165) is 50.8 Å². The van der Waals surface area contributed by atoms with Crippen LogP contribution in [0.2, 0.25) is 0 Å². The standard InChI is InChI=1S/C22H25N5O4/c1-26-8-3-6-18(22(26)29)23-20(28)17-10-15-12-27(11-14-7-9-30-13-14)25-19(15)24-21(17)31-16-4-2-5-16/h3,6,8,10,12,14,16H,2,4-5,7,9,11,13H2,1H3,(H,23,28)/t14-/m1/s1. The molecule has 1 atom stereocenters. The summed E-state index contributed by atoms with van der Waals surface area (Å²) in [4.78, 5) is 30.0. The fourth-order valence-corrected chi connectivity index (χ4v) is 3.86. The third kappa shape index (κ3) is 4.05. The summed E-state index contributed by atoms with van der Waals surface area (Å²) >= 11 is 0. The molecule has 3 aromatic rings. The van der Waals surface area contributed by atoms with Crippen molar-refractivity contribution in [3.8, 4) is 5.88 Å². The number of nitrogens with one attached hydrogen (secondary N) is 1. The maximum atomic E-state index is 13.1. The number of pyridine rings is 2. The van der Waals surface area contributed by atoms with Crippen molar-refractivity contribution in [3.05, 3.63) is 46.5 Å². The first-order valence-corrected chi connectivity index (χ1v) is 10.7. The molecular formula is C22H25N5O4. The summed E-state index contributed by atoms with van der Waals surface area (Å²) in [7, 11) is 1.64. The van der Waals surface area contributed by atoms with Crippen LogP contribution in [0.4, 0.5) is 5.69 Å². The second-order valence-corrected chi connectivity index (χ2v) is 8.30. The van der Waals surface area contributed by atoms with E-state index >= 15 is 0 Å².